The number of hydrogen-bond acceptors (Lipinski definition) is 5. The van der Waals surface area contributed by atoms with Crippen molar-refractivity contribution < 1.29 is 18.1 Å². The largest absolute Gasteiger partial charge is 0.325 e. The minimum Gasteiger partial charge on any atom is -0.314 e. The van der Waals surface area contributed by atoms with Crippen LogP contribution in [0, 0.1) is 10.1 Å². The first-order chi connectivity index (χ1) is 13.8. The molecule has 2 aliphatic rings. The van der Waals surface area contributed by atoms with Crippen molar-refractivity contribution in [3.8, 4) is 0 Å². The van der Waals surface area contributed by atoms with Crippen LogP contribution in [-0.4, -0.2) is 47.9 Å². The van der Waals surface area contributed by atoms with Crippen molar-refractivity contribution >= 4 is 27.2 Å². The molecule has 2 atom stereocenters. The molecule has 0 unspecified atom stereocenters. The molecule has 2 aromatic rings. The lowest BCUT2D eigenvalue weighted by molar-refractivity contribution is -0.384. The molecule has 152 valence electrons. The molecule has 0 saturated carbocycles. The minimum atomic E-state index is -3.27. The fourth-order valence-electron chi connectivity index (χ4n) is 4.12. The summed E-state index contributed by atoms with van der Waals surface area (Å²) in [5, 5.41) is 11.0. The van der Waals surface area contributed by atoms with Crippen LogP contribution in [0.25, 0.3) is 0 Å². The zero-order valence-electron chi connectivity index (χ0n) is 15.9. The lowest BCUT2D eigenvalue weighted by Crippen LogP contribution is -2.37. The zero-order valence-corrected chi connectivity index (χ0v) is 16.7. The first-order valence-corrected chi connectivity index (χ1v) is 11.2. The second kappa shape index (κ2) is 7.14. The molecule has 29 heavy (non-hydrogen) atoms. The molecule has 0 aliphatic carbocycles. The predicted molar refractivity (Wildman–Crippen MR) is 109 cm³/mol. The van der Waals surface area contributed by atoms with Crippen LogP contribution in [0.2, 0.25) is 0 Å². The number of amides is 2. The summed E-state index contributed by atoms with van der Waals surface area (Å²) < 4.78 is 24.6. The van der Waals surface area contributed by atoms with Gasteiger partial charge in [-0.3, -0.25) is 15.0 Å². The number of fused-ring (bicyclic) bond motifs is 1. The lowest BCUT2D eigenvalue weighted by atomic mass is 10.1. The van der Waals surface area contributed by atoms with Crippen LogP contribution in [0.1, 0.15) is 18.1 Å². The van der Waals surface area contributed by atoms with Gasteiger partial charge in [0.2, 0.25) is 0 Å². The summed E-state index contributed by atoms with van der Waals surface area (Å²) in [6, 6.07) is 12.4. The highest BCUT2D eigenvalue weighted by Gasteiger charge is 2.53. The molecule has 0 radical (unpaired) electrons. The van der Waals surface area contributed by atoms with E-state index in [-0.39, 0.29) is 29.8 Å². The summed E-state index contributed by atoms with van der Waals surface area (Å²) in [7, 11) is -3.27. The van der Waals surface area contributed by atoms with Crippen LogP contribution in [0.5, 0.6) is 0 Å². The van der Waals surface area contributed by atoms with Crippen LogP contribution in [0.3, 0.4) is 0 Å². The molecule has 4 rings (SSSR count). The SMILES string of the molecule is CCc1ccc(N2C(=O)N(Cc3cccc([N+](=O)[O-])c3)[C@H]3CS(=O)(=O)C[C@H]32)cc1. The van der Waals surface area contributed by atoms with Crippen molar-refractivity contribution in [1.29, 1.82) is 0 Å². The third kappa shape index (κ3) is 3.57. The Bertz CT molecular complexity index is 1070. The fraction of sp³-hybridized carbons (Fsp3) is 0.350. The minimum absolute atomic E-state index is 0.0586. The van der Waals surface area contributed by atoms with E-state index >= 15 is 0 Å². The first kappa shape index (κ1) is 19.4. The number of rotatable bonds is 5. The molecule has 0 aromatic heterocycles. The van der Waals surface area contributed by atoms with E-state index in [0.717, 1.165) is 12.0 Å². The maximum Gasteiger partial charge on any atom is 0.325 e. The van der Waals surface area contributed by atoms with Crippen molar-refractivity contribution in [2.45, 2.75) is 32.0 Å². The van der Waals surface area contributed by atoms with E-state index in [2.05, 4.69) is 0 Å². The number of nitro groups is 1. The highest BCUT2D eigenvalue weighted by atomic mass is 32.2. The maximum absolute atomic E-state index is 13.2. The normalized spacial score (nSPS) is 22.7. The molecule has 8 nitrogen and oxygen atoms in total. The smallest absolute Gasteiger partial charge is 0.314 e. The Hall–Kier alpha value is -2.94. The van der Waals surface area contributed by atoms with Gasteiger partial charge in [0.25, 0.3) is 5.69 Å². The number of carbonyl (C=O) groups excluding carboxylic acids is 1. The van der Waals surface area contributed by atoms with Crippen LogP contribution in [-0.2, 0) is 22.8 Å². The van der Waals surface area contributed by atoms with Crippen molar-refractivity contribution in [2.75, 3.05) is 16.4 Å². The zero-order chi connectivity index (χ0) is 20.8. The number of nitrogens with zero attached hydrogens (tertiary/aromatic N) is 3. The van der Waals surface area contributed by atoms with Gasteiger partial charge < -0.3 is 4.90 Å². The third-order valence-corrected chi connectivity index (χ3v) is 7.27. The Balaban J connectivity index is 1.68. The van der Waals surface area contributed by atoms with Gasteiger partial charge in [-0.1, -0.05) is 31.2 Å². The van der Waals surface area contributed by atoms with Gasteiger partial charge >= 0.3 is 6.03 Å². The van der Waals surface area contributed by atoms with Gasteiger partial charge in [0, 0.05) is 24.4 Å². The summed E-state index contributed by atoms with van der Waals surface area (Å²) in [6.45, 7) is 2.16. The van der Waals surface area contributed by atoms with E-state index in [9.17, 15) is 23.3 Å². The number of non-ortho nitro benzene ring substituents is 1. The molecular weight excluding hydrogens is 394 g/mol. The van der Waals surface area contributed by atoms with Crippen LogP contribution >= 0.6 is 0 Å². The number of carbonyl (C=O) groups is 1. The molecule has 2 aliphatic heterocycles. The molecule has 0 bridgehead atoms. The Labute approximate surface area is 168 Å². The Kier molecular flexibility index (Phi) is 4.77. The molecule has 9 heteroatoms. The van der Waals surface area contributed by atoms with Gasteiger partial charge in [0.05, 0.1) is 28.5 Å². The summed E-state index contributed by atoms with van der Waals surface area (Å²) in [4.78, 5) is 26.9. The molecule has 2 fully saturated rings. The average Bonchev–Trinajstić information content (AvgIpc) is 3.12. The van der Waals surface area contributed by atoms with E-state index in [4.69, 9.17) is 0 Å². The Morgan fingerprint density at radius 2 is 1.76 bits per heavy atom. The number of benzene rings is 2. The van der Waals surface area contributed by atoms with Crippen molar-refractivity contribution in [1.82, 2.24) is 4.90 Å². The molecule has 0 N–H and O–H groups in total. The number of anilines is 1. The van der Waals surface area contributed by atoms with Gasteiger partial charge in [0.15, 0.2) is 9.84 Å². The number of nitro benzene ring substituents is 1. The Morgan fingerprint density at radius 3 is 2.41 bits per heavy atom. The topological polar surface area (TPSA) is 101 Å². The molecule has 0 spiro atoms. The van der Waals surface area contributed by atoms with Gasteiger partial charge in [-0.25, -0.2) is 13.2 Å². The number of urea groups is 1. The number of aryl methyl sites for hydroxylation is 1. The highest BCUT2D eigenvalue weighted by Crippen LogP contribution is 2.36. The van der Waals surface area contributed by atoms with Gasteiger partial charge in [-0.05, 0) is 29.7 Å². The van der Waals surface area contributed by atoms with Crippen LogP contribution in [0.4, 0.5) is 16.2 Å². The van der Waals surface area contributed by atoms with Crippen molar-refractivity contribution in [3.05, 3.63) is 69.8 Å². The van der Waals surface area contributed by atoms with E-state index in [1.807, 2.05) is 31.2 Å². The van der Waals surface area contributed by atoms with Crippen LogP contribution in [0.15, 0.2) is 48.5 Å². The summed E-state index contributed by atoms with van der Waals surface area (Å²) in [5.41, 5.74) is 2.33. The van der Waals surface area contributed by atoms with Crippen molar-refractivity contribution in [3.63, 3.8) is 0 Å². The summed E-state index contributed by atoms with van der Waals surface area (Å²) in [5.74, 6) is -0.174. The number of sulfone groups is 1. The molecule has 2 aromatic carbocycles. The highest BCUT2D eigenvalue weighted by molar-refractivity contribution is 7.91. The molecule has 2 saturated heterocycles. The van der Waals surface area contributed by atoms with Gasteiger partial charge in [0.1, 0.15) is 0 Å². The fourth-order valence-corrected chi connectivity index (χ4v) is 6.07. The standard InChI is InChI=1S/C20H21N3O5S/c1-2-14-6-8-16(9-7-14)22-19-13-29(27,28)12-18(19)21(20(22)24)11-15-4-3-5-17(10-15)23(25)26/h3-10,18-19H,2,11-13H2,1H3/t18-,19+/m0/s1. The monoisotopic (exact) mass is 415 g/mol. The van der Waals surface area contributed by atoms with E-state index in [0.29, 0.717) is 11.3 Å². The lowest BCUT2D eigenvalue weighted by Gasteiger charge is -2.23. The van der Waals surface area contributed by atoms with Gasteiger partial charge in [-0.15, -0.1) is 0 Å². The summed E-state index contributed by atoms with van der Waals surface area (Å²) in [6.07, 6.45) is 0.869. The van der Waals surface area contributed by atoms with Crippen molar-refractivity contribution in [2.24, 2.45) is 0 Å². The first-order valence-electron chi connectivity index (χ1n) is 9.41. The number of hydrogen-bond donors (Lipinski definition) is 0. The van der Waals surface area contributed by atoms with E-state index in [1.165, 1.54) is 17.0 Å². The third-order valence-electron chi connectivity index (χ3n) is 5.57. The average molecular weight is 415 g/mol. The summed E-state index contributed by atoms with van der Waals surface area (Å²) >= 11 is 0. The Morgan fingerprint density at radius 1 is 1.07 bits per heavy atom. The second-order valence-corrected chi connectivity index (χ2v) is 9.59. The van der Waals surface area contributed by atoms with Gasteiger partial charge in [-0.2, -0.15) is 0 Å². The van der Waals surface area contributed by atoms with Crippen LogP contribution < -0.4 is 4.90 Å². The maximum atomic E-state index is 13.2. The predicted octanol–water partition coefficient (Wildman–Crippen LogP) is 2.77. The molecule has 2 heterocycles. The quantitative estimate of drug-likeness (QED) is 0.425. The second-order valence-electron chi connectivity index (χ2n) is 7.44. The molecule has 2 amide bonds. The molecular formula is C20H21N3O5S. The van der Waals surface area contributed by atoms with E-state index in [1.54, 1.807) is 17.0 Å². The van der Waals surface area contributed by atoms with E-state index < -0.39 is 26.8 Å².